The van der Waals surface area contributed by atoms with E-state index in [4.69, 9.17) is 6.42 Å². The molecule has 0 fully saturated rings. The highest BCUT2D eigenvalue weighted by Crippen LogP contribution is 2.11. The molecule has 1 aromatic heterocycles. The van der Waals surface area contributed by atoms with Crippen LogP contribution in [0.3, 0.4) is 0 Å². The minimum atomic E-state index is 0.725. The molecule has 0 atom stereocenters. The summed E-state index contributed by atoms with van der Waals surface area (Å²) in [6.07, 6.45) is 7.88. The van der Waals surface area contributed by atoms with Crippen molar-refractivity contribution in [1.82, 2.24) is 9.36 Å². The van der Waals surface area contributed by atoms with Gasteiger partial charge in [-0.3, -0.25) is 0 Å². The molecular weight excluding hydrogens is 182 g/mol. The van der Waals surface area contributed by atoms with Crippen LogP contribution in [0, 0.1) is 12.3 Å². The standard InChI is InChI=1S/C9H13N3S/c1-3-5-7-10-9-11-8(6-4-2)12-13-9/h1H,4-7H2,2H3,(H,10,11,12). The Morgan fingerprint density at radius 2 is 2.46 bits per heavy atom. The monoisotopic (exact) mass is 195 g/mol. The Hall–Kier alpha value is -1.08. The van der Waals surface area contributed by atoms with E-state index in [0.717, 1.165) is 36.8 Å². The van der Waals surface area contributed by atoms with Gasteiger partial charge in [0.1, 0.15) is 5.82 Å². The van der Waals surface area contributed by atoms with Gasteiger partial charge in [0.15, 0.2) is 0 Å². The summed E-state index contributed by atoms with van der Waals surface area (Å²) in [6.45, 7) is 2.89. The Morgan fingerprint density at radius 1 is 1.62 bits per heavy atom. The van der Waals surface area contributed by atoms with E-state index in [-0.39, 0.29) is 0 Å². The van der Waals surface area contributed by atoms with Crippen molar-refractivity contribution in [2.24, 2.45) is 0 Å². The highest BCUT2D eigenvalue weighted by Gasteiger charge is 2.00. The van der Waals surface area contributed by atoms with Crippen LogP contribution in [-0.4, -0.2) is 15.9 Å². The van der Waals surface area contributed by atoms with Crippen LogP contribution in [0.25, 0.3) is 0 Å². The summed E-state index contributed by atoms with van der Waals surface area (Å²) in [5.74, 6) is 3.49. The molecule has 3 nitrogen and oxygen atoms in total. The molecule has 0 spiro atoms. The topological polar surface area (TPSA) is 37.8 Å². The molecular formula is C9H13N3S. The fourth-order valence-corrected chi connectivity index (χ4v) is 1.53. The van der Waals surface area contributed by atoms with Gasteiger partial charge in [-0.2, -0.15) is 4.37 Å². The highest BCUT2D eigenvalue weighted by atomic mass is 32.1. The van der Waals surface area contributed by atoms with E-state index in [1.54, 1.807) is 0 Å². The number of nitrogens with one attached hydrogen (secondary N) is 1. The largest absolute Gasteiger partial charge is 0.359 e. The number of terminal acetylenes is 1. The summed E-state index contributed by atoms with van der Waals surface area (Å²) >= 11 is 1.40. The quantitative estimate of drug-likeness (QED) is 0.576. The molecule has 0 saturated carbocycles. The maximum absolute atomic E-state index is 5.12. The van der Waals surface area contributed by atoms with Crippen LogP contribution >= 0.6 is 11.5 Å². The Kier molecular flexibility index (Phi) is 4.27. The first-order chi connectivity index (χ1) is 6.36. The summed E-state index contributed by atoms with van der Waals surface area (Å²) in [6, 6.07) is 0. The Bertz CT molecular complexity index is 287. The van der Waals surface area contributed by atoms with E-state index in [1.807, 2.05) is 0 Å². The number of hydrogen-bond acceptors (Lipinski definition) is 4. The lowest BCUT2D eigenvalue weighted by molar-refractivity contribution is 0.861. The van der Waals surface area contributed by atoms with Gasteiger partial charge in [-0.05, 0) is 6.42 Å². The Morgan fingerprint density at radius 3 is 3.15 bits per heavy atom. The molecule has 4 heteroatoms. The van der Waals surface area contributed by atoms with Crippen LogP contribution in [0.1, 0.15) is 25.6 Å². The second-order valence-electron chi connectivity index (χ2n) is 2.65. The first-order valence-corrected chi connectivity index (χ1v) is 5.14. The van der Waals surface area contributed by atoms with Crippen molar-refractivity contribution in [3.8, 4) is 12.3 Å². The minimum Gasteiger partial charge on any atom is -0.359 e. The number of aryl methyl sites for hydroxylation is 1. The van der Waals surface area contributed by atoms with Gasteiger partial charge in [-0.1, -0.05) is 6.92 Å². The van der Waals surface area contributed by atoms with Crippen LogP contribution in [0.5, 0.6) is 0 Å². The van der Waals surface area contributed by atoms with Crippen molar-refractivity contribution in [3.05, 3.63) is 5.82 Å². The van der Waals surface area contributed by atoms with E-state index in [1.165, 1.54) is 11.5 Å². The third-order valence-corrected chi connectivity index (χ3v) is 2.20. The predicted octanol–water partition coefficient (Wildman–Crippen LogP) is 1.93. The van der Waals surface area contributed by atoms with Crippen LogP contribution in [0.15, 0.2) is 0 Å². The van der Waals surface area contributed by atoms with Gasteiger partial charge in [0.2, 0.25) is 5.13 Å². The lowest BCUT2D eigenvalue weighted by Crippen LogP contribution is -1.99. The van der Waals surface area contributed by atoms with Crippen LogP contribution in [0.2, 0.25) is 0 Å². The maximum atomic E-state index is 5.12. The minimum absolute atomic E-state index is 0.725. The Balaban J connectivity index is 2.36. The second kappa shape index (κ2) is 5.55. The van der Waals surface area contributed by atoms with E-state index in [2.05, 4.69) is 27.5 Å². The fraction of sp³-hybridized carbons (Fsp3) is 0.556. The molecule has 1 aromatic rings. The number of nitrogens with zero attached hydrogens (tertiary/aromatic N) is 2. The summed E-state index contributed by atoms with van der Waals surface area (Å²) < 4.78 is 4.20. The molecule has 1 heterocycles. The summed E-state index contributed by atoms with van der Waals surface area (Å²) in [5, 5.41) is 4.00. The first kappa shape index (κ1) is 10.0. The zero-order chi connectivity index (χ0) is 9.52. The smallest absolute Gasteiger partial charge is 0.202 e. The molecule has 0 bridgehead atoms. The average molecular weight is 195 g/mol. The van der Waals surface area contributed by atoms with Gasteiger partial charge in [-0.25, -0.2) is 4.98 Å². The zero-order valence-electron chi connectivity index (χ0n) is 7.71. The number of rotatable bonds is 5. The molecule has 70 valence electrons. The number of aromatic nitrogens is 2. The number of anilines is 1. The van der Waals surface area contributed by atoms with E-state index >= 15 is 0 Å². The number of hydrogen-bond donors (Lipinski definition) is 1. The summed E-state index contributed by atoms with van der Waals surface area (Å²) in [7, 11) is 0. The zero-order valence-corrected chi connectivity index (χ0v) is 8.52. The average Bonchev–Trinajstić information content (AvgIpc) is 2.54. The SMILES string of the molecule is C#CCCNc1nc(CCC)ns1. The third-order valence-electron chi connectivity index (χ3n) is 1.49. The van der Waals surface area contributed by atoms with Gasteiger partial charge in [0.05, 0.1) is 0 Å². The van der Waals surface area contributed by atoms with Gasteiger partial charge in [-0.15, -0.1) is 12.3 Å². The van der Waals surface area contributed by atoms with Gasteiger partial charge in [0, 0.05) is 30.9 Å². The second-order valence-corrected chi connectivity index (χ2v) is 3.40. The van der Waals surface area contributed by atoms with Crippen LogP contribution in [0.4, 0.5) is 5.13 Å². The molecule has 0 saturated heterocycles. The molecule has 0 aromatic carbocycles. The molecule has 0 amide bonds. The van der Waals surface area contributed by atoms with Crippen LogP contribution < -0.4 is 5.32 Å². The van der Waals surface area contributed by atoms with Gasteiger partial charge >= 0.3 is 0 Å². The van der Waals surface area contributed by atoms with Crippen molar-refractivity contribution in [1.29, 1.82) is 0 Å². The molecule has 0 unspecified atom stereocenters. The van der Waals surface area contributed by atoms with Gasteiger partial charge < -0.3 is 5.32 Å². The van der Waals surface area contributed by atoms with Crippen LogP contribution in [-0.2, 0) is 6.42 Å². The van der Waals surface area contributed by atoms with E-state index in [9.17, 15) is 0 Å². The van der Waals surface area contributed by atoms with E-state index < -0.39 is 0 Å². The first-order valence-electron chi connectivity index (χ1n) is 4.36. The molecule has 0 aliphatic heterocycles. The predicted molar refractivity (Wildman–Crippen MR) is 55.8 cm³/mol. The molecule has 1 rings (SSSR count). The van der Waals surface area contributed by atoms with Crippen molar-refractivity contribution in [2.45, 2.75) is 26.2 Å². The van der Waals surface area contributed by atoms with Crippen molar-refractivity contribution in [3.63, 3.8) is 0 Å². The maximum Gasteiger partial charge on any atom is 0.202 e. The summed E-state index contributed by atoms with van der Waals surface area (Å²) in [5.41, 5.74) is 0. The van der Waals surface area contributed by atoms with Crippen molar-refractivity contribution in [2.75, 3.05) is 11.9 Å². The molecule has 0 radical (unpaired) electrons. The fourth-order valence-electron chi connectivity index (χ4n) is 0.893. The third kappa shape index (κ3) is 3.43. The lowest BCUT2D eigenvalue weighted by Gasteiger charge is -1.95. The molecule has 0 aliphatic rings. The normalized spacial score (nSPS) is 9.54. The Labute approximate surface area is 82.8 Å². The van der Waals surface area contributed by atoms with Crippen molar-refractivity contribution < 1.29 is 0 Å². The molecule has 0 aliphatic carbocycles. The van der Waals surface area contributed by atoms with E-state index in [0.29, 0.717) is 0 Å². The van der Waals surface area contributed by atoms with Gasteiger partial charge in [0.25, 0.3) is 0 Å². The lowest BCUT2D eigenvalue weighted by atomic mass is 10.3. The summed E-state index contributed by atoms with van der Waals surface area (Å²) in [4.78, 5) is 4.30. The van der Waals surface area contributed by atoms with Crippen molar-refractivity contribution >= 4 is 16.7 Å². The molecule has 13 heavy (non-hydrogen) atoms. The highest BCUT2D eigenvalue weighted by molar-refractivity contribution is 7.09. The molecule has 1 N–H and O–H groups in total.